The lowest BCUT2D eigenvalue weighted by Gasteiger charge is -2.36. The molecule has 1 fully saturated rings. The lowest BCUT2D eigenvalue weighted by atomic mass is 10.0. The Kier molecular flexibility index (Phi) is 6.26. The van der Waals surface area contributed by atoms with Crippen LogP contribution < -0.4 is 10.1 Å². The Hall–Kier alpha value is -0.390. The fraction of sp³-hybridized carbons (Fsp3) is 0.625. The Balaban J connectivity index is 2.28. The van der Waals surface area contributed by atoms with Gasteiger partial charge in [-0.05, 0) is 24.7 Å². The number of rotatable bonds is 5. The zero-order valence-corrected chi connectivity index (χ0v) is 14.7. The molecule has 1 aliphatic heterocycles. The summed E-state index contributed by atoms with van der Waals surface area (Å²) in [5.41, 5.74) is 0.930. The van der Waals surface area contributed by atoms with Crippen molar-refractivity contribution in [3.8, 4) is 5.75 Å². The van der Waals surface area contributed by atoms with Gasteiger partial charge in [-0.25, -0.2) is 4.39 Å². The van der Waals surface area contributed by atoms with Crippen LogP contribution in [0.1, 0.15) is 32.4 Å². The standard InChI is InChI=1S/C16H24FNOS2/c1-5-18-16(15-9-20-10(2)11(3)21-15)13-8-12(17)6-7-14(13)19-4/h6-8,10-11,15-16,18H,5,9H2,1-4H3. The molecule has 0 bridgehead atoms. The van der Waals surface area contributed by atoms with Gasteiger partial charge in [0.1, 0.15) is 11.6 Å². The average Bonchev–Trinajstić information content (AvgIpc) is 2.48. The molecule has 4 atom stereocenters. The molecule has 1 aliphatic rings. The average molecular weight is 330 g/mol. The van der Waals surface area contributed by atoms with Crippen molar-refractivity contribution in [2.24, 2.45) is 0 Å². The molecule has 1 aromatic rings. The summed E-state index contributed by atoms with van der Waals surface area (Å²) < 4.78 is 19.1. The highest BCUT2D eigenvalue weighted by Gasteiger charge is 2.33. The molecule has 0 aliphatic carbocycles. The van der Waals surface area contributed by atoms with Gasteiger partial charge in [0.05, 0.1) is 7.11 Å². The molecular weight excluding hydrogens is 305 g/mol. The van der Waals surface area contributed by atoms with Gasteiger partial charge >= 0.3 is 0 Å². The maximum atomic E-state index is 13.7. The predicted molar refractivity (Wildman–Crippen MR) is 92.1 cm³/mol. The molecule has 5 heteroatoms. The van der Waals surface area contributed by atoms with Crippen LogP contribution in [0.3, 0.4) is 0 Å². The summed E-state index contributed by atoms with van der Waals surface area (Å²) in [6, 6.07) is 4.91. The Morgan fingerprint density at radius 2 is 2.14 bits per heavy atom. The first-order chi connectivity index (χ1) is 10.1. The predicted octanol–water partition coefficient (Wildman–Crippen LogP) is 4.11. The van der Waals surface area contributed by atoms with E-state index in [1.807, 2.05) is 23.5 Å². The number of nitrogens with one attached hydrogen (secondary N) is 1. The van der Waals surface area contributed by atoms with Gasteiger partial charge < -0.3 is 10.1 Å². The normalized spacial score (nSPS) is 27.4. The Bertz CT molecular complexity index is 472. The lowest BCUT2D eigenvalue weighted by Crippen LogP contribution is -2.37. The highest BCUT2D eigenvalue weighted by Crippen LogP contribution is 2.42. The van der Waals surface area contributed by atoms with E-state index in [1.54, 1.807) is 19.2 Å². The maximum absolute atomic E-state index is 13.7. The van der Waals surface area contributed by atoms with Crippen LogP contribution in [0, 0.1) is 5.82 Å². The van der Waals surface area contributed by atoms with Gasteiger partial charge in [-0.2, -0.15) is 23.5 Å². The summed E-state index contributed by atoms with van der Waals surface area (Å²) in [5, 5.41) is 5.23. The molecule has 0 amide bonds. The molecule has 21 heavy (non-hydrogen) atoms. The van der Waals surface area contributed by atoms with E-state index in [0.717, 1.165) is 23.6 Å². The van der Waals surface area contributed by atoms with Crippen molar-refractivity contribution < 1.29 is 9.13 Å². The van der Waals surface area contributed by atoms with Crippen molar-refractivity contribution >= 4 is 23.5 Å². The van der Waals surface area contributed by atoms with Gasteiger partial charge in [0, 0.05) is 33.1 Å². The summed E-state index contributed by atoms with van der Waals surface area (Å²) in [6.07, 6.45) is 0. The first-order valence-corrected chi connectivity index (χ1v) is 9.39. The summed E-state index contributed by atoms with van der Waals surface area (Å²) in [6.45, 7) is 7.51. The molecule has 0 saturated carbocycles. The highest BCUT2D eigenvalue weighted by molar-refractivity contribution is 8.07. The molecule has 1 N–H and O–H groups in total. The number of hydrogen-bond acceptors (Lipinski definition) is 4. The third-order valence-corrected chi connectivity index (χ3v) is 7.39. The minimum atomic E-state index is -0.205. The third-order valence-electron chi connectivity index (χ3n) is 3.90. The van der Waals surface area contributed by atoms with Gasteiger partial charge in [0.15, 0.2) is 0 Å². The van der Waals surface area contributed by atoms with Crippen LogP contribution in [0.2, 0.25) is 0 Å². The van der Waals surface area contributed by atoms with E-state index in [-0.39, 0.29) is 11.9 Å². The summed E-state index contributed by atoms with van der Waals surface area (Å²) in [5.74, 6) is 1.64. The first-order valence-electron chi connectivity index (χ1n) is 7.40. The van der Waals surface area contributed by atoms with E-state index in [0.29, 0.717) is 15.7 Å². The number of ether oxygens (including phenoxy) is 1. The van der Waals surface area contributed by atoms with Gasteiger partial charge in [-0.3, -0.25) is 0 Å². The smallest absolute Gasteiger partial charge is 0.123 e. The van der Waals surface area contributed by atoms with Crippen molar-refractivity contribution in [1.82, 2.24) is 5.32 Å². The molecule has 2 nitrogen and oxygen atoms in total. The summed E-state index contributed by atoms with van der Waals surface area (Å²) in [4.78, 5) is 0. The molecule has 1 saturated heterocycles. The second kappa shape index (κ2) is 7.75. The van der Waals surface area contributed by atoms with Crippen molar-refractivity contribution in [2.75, 3.05) is 19.4 Å². The second-order valence-corrected chi connectivity index (χ2v) is 8.37. The lowest BCUT2D eigenvalue weighted by molar-refractivity contribution is 0.397. The molecule has 0 aromatic heterocycles. The SMILES string of the molecule is CCNC(c1cc(F)ccc1OC)C1CSC(C)C(C)S1. The van der Waals surface area contributed by atoms with Crippen LogP contribution in [-0.4, -0.2) is 35.2 Å². The van der Waals surface area contributed by atoms with Crippen LogP contribution in [0.4, 0.5) is 4.39 Å². The molecule has 0 spiro atoms. The van der Waals surface area contributed by atoms with Gasteiger partial charge in [0.2, 0.25) is 0 Å². The van der Waals surface area contributed by atoms with Crippen molar-refractivity contribution in [2.45, 2.75) is 42.6 Å². The number of hydrogen-bond donors (Lipinski definition) is 1. The third kappa shape index (κ3) is 4.08. The second-order valence-electron chi connectivity index (χ2n) is 5.34. The number of thioether (sulfide) groups is 2. The van der Waals surface area contributed by atoms with Crippen molar-refractivity contribution in [3.63, 3.8) is 0 Å². The highest BCUT2D eigenvalue weighted by atomic mass is 32.2. The maximum Gasteiger partial charge on any atom is 0.123 e. The van der Waals surface area contributed by atoms with Crippen LogP contribution >= 0.6 is 23.5 Å². The minimum absolute atomic E-state index is 0.119. The molecule has 4 unspecified atom stereocenters. The molecule has 1 heterocycles. The Morgan fingerprint density at radius 3 is 2.76 bits per heavy atom. The van der Waals surface area contributed by atoms with E-state index in [4.69, 9.17) is 4.74 Å². The molecule has 1 aromatic carbocycles. The van der Waals surface area contributed by atoms with Gasteiger partial charge in [0.25, 0.3) is 0 Å². The first kappa shape index (κ1) is 17.0. The largest absolute Gasteiger partial charge is 0.496 e. The Labute approximate surface area is 135 Å². The van der Waals surface area contributed by atoms with Crippen LogP contribution in [0.25, 0.3) is 0 Å². The van der Waals surface area contributed by atoms with Gasteiger partial charge in [-0.15, -0.1) is 0 Å². The van der Waals surface area contributed by atoms with Gasteiger partial charge in [-0.1, -0.05) is 20.8 Å². The van der Waals surface area contributed by atoms with E-state index < -0.39 is 0 Å². The molecule has 118 valence electrons. The van der Waals surface area contributed by atoms with E-state index >= 15 is 0 Å². The zero-order valence-electron chi connectivity index (χ0n) is 13.1. The summed E-state index contributed by atoms with van der Waals surface area (Å²) in [7, 11) is 1.65. The van der Waals surface area contributed by atoms with Crippen molar-refractivity contribution in [3.05, 3.63) is 29.6 Å². The van der Waals surface area contributed by atoms with Crippen LogP contribution in [0.5, 0.6) is 5.75 Å². The Morgan fingerprint density at radius 1 is 1.38 bits per heavy atom. The van der Waals surface area contributed by atoms with Crippen molar-refractivity contribution in [1.29, 1.82) is 0 Å². The quantitative estimate of drug-likeness (QED) is 0.877. The number of benzene rings is 1. The number of halogens is 1. The minimum Gasteiger partial charge on any atom is -0.496 e. The van der Waals surface area contributed by atoms with E-state index in [9.17, 15) is 4.39 Å². The molecule has 2 rings (SSSR count). The molecular formula is C16H24FNOS2. The topological polar surface area (TPSA) is 21.3 Å². The van der Waals surface area contributed by atoms with E-state index in [1.165, 1.54) is 6.07 Å². The van der Waals surface area contributed by atoms with E-state index in [2.05, 4.69) is 26.1 Å². The fourth-order valence-corrected chi connectivity index (χ4v) is 5.70. The van der Waals surface area contributed by atoms with Crippen LogP contribution in [0.15, 0.2) is 18.2 Å². The zero-order chi connectivity index (χ0) is 15.4. The monoisotopic (exact) mass is 329 g/mol. The number of methoxy groups -OCH3 is 1. The molecule has 0 radical (unpaired) electrons. The fourth-order valence-electron chi connectivity index (χ4n) is 2.59. The van der Waals surface area contributed by atoms with Crippen LogP contribution in [-0.2, 0) is 0 Å². The summed E-state index contributed by atoms with van der Waals surface area (Å²) >= 11 is 4.01.